The molecule has 80 valence electrons. The number of hydrogen-bond donors (Lipinski definition) is 2. The second-order valence-corrected chi connectivity index (χ2v) is 4.93. The predicted molar refractivity (Wildman–Crippen MR) is 54.4 cm³/mol. The molecule has 2 atom stereocenters. The molecule has 2 N–H and O–H groups in total. The summed E-state index contributed by atoms with van der Waals surface area (Å²) in [6.45, 7) is 7.21. The van der Waals surface area contributed by atoms with Crippen LogP contribution in [0, 0.1) is 16.7 Å². The average Bonchev–Trinajstić information content (AvgIpc) is 2.35. The number of rotatable bonds is 0. The van der Waals surface area contributed by atoms with Gasteiger partial charge < -0.3 is 10.2 Å². The van der Waals surface area contributed by atoms with Crippen LogP contribution in [-0.2, 0) is 0 Å². The molecule has 2 aliphatic carbocycles. The van der Waals surface area contributed by atoms with Gasteiger partial charge in [-0.2, -0.15) is 0 Å². The average molecular weight is 198 g/mol. The van der Waals surface area contributed by atoms with E-state index >= 15 is 0 Å². The smallest absolute Gasteiger partial charge is 0.450 e. The molecule has 1 saturated carbocycles. The van der Waals surface area contributed by atoms with Crippen molar-refractivity contribution in [2.24, 2.45) is 16.7 Å². The summed E-state index contributed by atoms with van der Waals surface area (Å²) >= 11 is 0. The Morgan fingerprint density at radius 2 is 1.86 bits per heavy atom. The maximum Gasteiger partial charge on any atom is 0.503 e. The summed E-state index contributed by atoms with van der Waals surface area (Å²) in [4.78, 5) is 8.56. The van der Waals surface area contributed by atoms with Gasteiger partial charge in [-0.3, -0.25) is 0 Å². The quantitative estimate of drug-likeness (QED) is 0.587. The molecule has 14 heavy (non-hydrogen) atoms. The second kappa shape index (κ2) is 3.30. The van der Waals surface area contributed by atoms with Crippen molar-refractivity contribution in [2.75, 3.05) is 0 Å². The highest BCUT2D eigenvalue weighted by Crippen LogP contribution is 2.61. The van der Waals surface area contributed by atoms with E-state index in [1.165, 1.54) is 12.8 Å². The van der Waals surface area contributed by atoms with Crippen molar-refractivity contribution in [1.29, 1.82) is 0 Å². The van der Waals surface area contributed by atoms with Crippen molar-refractivity contribution in [3.8, 4) is 0 Å². The van der Waals surface area contributed by atoms with Crippen molar-refractivity contribution < 1.29 is 15.0 Å². The van der Waals surface area contributed by atoms with Crippen molar-refractivity contribution in [2.45, 2.75) is 33.6 Å². The number of hydrogen-bond acceptors (Lipinski definition) is 1. The van der Waals surface area contributed by atoms with Crippen LogP contribution < -0.4 is 0 Å². The van der Waals surface area contributed by atoms with Crippen LogP contribution in [0.15, 0.2) is 12.2 Å². The minimum absolute atomic E-state index is 0.525. The van der Waals surface area contributed by atoms with Gasteiger partial charge in [-0.25, -0.2) is 4.79 Å². The van der Waals surface area contributed by atoms with Gasteiger partial charge in [-0.05, 0) is 29.6 Å². The van der Waals surface area contributed by atoms with Gasteiger partial charge in [-0.1, -0.05) is 32.9 Å². The molecule has 1 fully saturated rings. The second-order valence-electron chi connectivity index (χ2n) is 4.93. The summed E-state index contributed by atoms with van der Waals surface area (Å²) in [5.41, 5.74) is 1.07. The van der Waals surface area contributed by atoms with Gasteiger partial charge >= 0.3 is 6.16 Å². The molecule has 0 aromatic carbocycles. The standard InChI is InChI=1S/C10H16.CH2O3/c1-9(2)8-4-6-10(9,3)7-5-8;2-1(3)4/h4,6,8H,5,7H2,1-3H3;(H2,2,3,4). The summed E-state index contributed by atoms with van der Waals surface area (Å²) in [6.07, 6.45) is 5.84. The predicted octanol–water partition coefficient (Wildman–Crippen LogP) is 3.22. The molecule has 3 nitrogen and oxygen atoms in total. The Morgan fingerprint density at radius 1 is 1.36 bits per heavy atom. The molecule has 0 radical (unpaired) electrons. The van der Waals surface area contributed by atoms with Crippen LogP contribution >= 0.6 is 0 Å². The van der Waals surface area contributed by atoms with Gasteiger partial charge in [0.25, 0.3) is 0 Å². The summed E-state index contributed by atoms with van der Waals surface area (Å²) < 4.78 is 0. The topological polar surface area (TPSA) is 57.5 Å². The molecule has 0 aromatic heterocycles. The van der Waals surface area contributed by atoms with Crippen LogP contribution in [0.2, 0.25) is 0 Å². The Bertz CT molecular complexity index is 264. The summed E-state index contributed by atoms with van der Waals surface area (Å²) in [5.74, 6) is 0.873. The van der Waals surface area contributed by atoms with Crippen molar-refractivity contribution in [3.63, 3.8) is 0 Å². The summed E-state index contributed by atoms with van der Waals surface area (Å²) in [5, 5.41) is 13.9. The van der Waals surface area contributed by atoms with E-state index < -0.39 is 6.16 Å². The highest BCUT2D eigenvalue weighted by Gasteiger charge is 2.52. The van der Waals surface area contributed by atoms with E-state index in [2.05, 4.69) is 32.9 Å². The molecule has 2 bridgehead atoms. The molecule has 0 aromatic rings. The lowest BCUT2D eigenvalue weighted by Gasteiger charge is -2.33. The summed E-state index contributed by atoms with van der Waals surface area (Å²) in [6, 6.07) is 0. The Kier molecular flexibility index (Phi) is 2.61. The van der Waals surface area contributed by atoms with Crippen LogP contribution in [0.5, 0.6) is 0 Å². The van der Waals surface area contributed by atoms with Gasteiger partial charge in [0.15, 0.2) is 0 Å². The molecule has 3 heteroatoms. The Hall–Kier alpha value is -0.990. The number of fused-ring (bicyclic) bond motifs is 2. The molecule has 0 saturated heterocycles. The first kappa shape index (κ1) is 11.1. The van der Waals surface area contributed by atoms with Crippen LogP contribution in [0.4, 0.5) is 4.79 Å². The van der Waals surface area contributed by atoms with Gasteiger partial charge in [0.05, 0.1) is 0 Å². The number of carboxylic acid groups (broad SMARTS) is 2. The Balaban J connectivity index is 0.000000213. The van der Waals surface area contributed by atoms with Crippen molar-refractivity contribution in [1.82, 2.24) is 0 Å². The van der Waals surface area contributed by atoms with Crippen molar-refractivity contribution >= 4 is 6.16 Å². The zero-order chi connectivity index (χ0) is 11.0. The largest absolute Gasteiger partial charge is 0.503 e. The molecular weight excluding hydrogens is 180 g/mol. The highest BCUT2D eigenvalue weighted by molar-refractivity contribution is 5.53. The SMILES string of the molecule is CC12C=CC(CC1)C2(C)C.O=C(O)O. The summed E-state index contributed by atoms with van der Waals surface area (Å²) in [7, 11) is 0. The molecule has 2 aliphatic rings. The van der Waals surface area contributed by atoms with E-state index in [1.807, 2.05) is 0 Å². The van der Waals surface area contributed by atoms with Gasteiger partial charge in [0, 0.05) is 0 Å². The maximum absolute atomic E-state index is 8.56. The Labute approximate surface area is 84.4 Å². The zero-order valence-corrected chi connectivity index (χ0v) is 8.95. The van der Waals surface area contributed by atoms with Crippen molar-refractivity contribution in [3.05, 3.63) is 12.2 Å². The normalized spacial score (nSPS) is 36.4. The Morgan fingerprint density at radius 3 is 1.93 bits per heavy atom. The zero-order valence-electron chi connectivity index (χ0n) is 8.95. The minimum atomic E-state index is -1.83. The third-order valence-corrected chi connectivity index (χ3v) is 4.07. The van der Waals surface area contributed by atoms with E-state index in [0.717, 1.165) is 5.92 Å². The maximum atomic E-state index is 8.56. The molecule has 0 aliphatic heterocycles. The first-order valence-electron chi connectivity index (χ1n) is 4.91. The molecule has 0 spiro atoms. The fraction of sp³-hybridized carbons (Fsp3) is 0.727. The first-order chi connectivity index (χ1) is 6.29. The van der Waals surface area contributed by atoms with E-state index in [0.29, 0.717) is 10.8 Å². The number of carbonyl (C=O) groups is 1. The van der Waals surface area contributed by atoms with Crippen LogP contribution in [0.3, 0.4) is 0 Å². The van der Waals surface area contributed by atoms with Gasteiger partial charge in [0.2, 0.25) is 0 Å². The lowest BCUT2D eigenvalue weighted by Crippen LogP contribution is -2.27. The molecule has 0 amide bonds. The monoisotopic (exact) mass is 198 g/mol. The molecule has 2 rings (SSSR count). The van der Waals surface area contributed by atoms with Gasteiger partial charge in [-0.15, -0.1) is 0 Å². The van der Waals surface area contributed by atoms with Gasteiger partial charge in [0.1, 0.15) is 0 Å². The third kappa shape index (κ3) is 1.63. The fourth-order valence-corrected chi connectivity index (χ4v) is 2.53. The van der Waals surface area contributed by atoms with Crippen LogP contribution in [-0.4, -0.2) is 16.4 Å². The third-order valence-electron chi connectivity index (χ3n) is 4.07. The van der Waals surface area contributed by atoms with E-state index in [-0.39, 0.29) is 0 Å². The lowest BCUT2D eigenvalue weighted by molar-refractivity contribution is 0.137. The van der Waals surface area contributed by atoms with E-state index in [1.54, 1.807) is 0 Å². The molecular formula is C11H18O3. The van der Waals surface area contributed by atoms with Crippen LogP contribution in [0.25, 0.3) is 0 Å². The van der Waals surface area contributed by atoms with Crippen LogP contribution in [0.1, 0.15) is 33.6 Å². The van der Waals surface area contributed by atoms with E-state index in [9.17, 15) is 0 Å². The number of allylic oxidation sites excluding steroid dienone is 2. The lowest BCUT2D eigenvalue weighted by atomic mass is 9.71. The van der Waals surface area contributed by atoms with E-state index in [4.69, 9.17) is 15.0 Å². The molecule has 2 unspecified atom stereocenters. The first-order valence-corrected chi connectivity index (χ1v) is 4.91. The molecule has 0 heterocycles. The highest BCUT2D eigenvalue weighted by atomic mass is 16.6. The minimum Gasteiger partial charge on any atom is -0.450 e. The fourth-order valence-electron chi connectivity index (χ4n) is 2.53.